The molecular weight excluding hydrogens is 321 g/mol. The Balaban J connectivity index is 1.88. The van der Waals surface area contributed by atoms with E-state index in [-0.39, 0.29) is 0 Å². The number of thiophene rings is 1. The zero-order chi connectivity index (χ0) is 10.7. The highest BCUT2D eigenvalue weighted by atomic mass is 127. The lowest BCUT2D eigenvalue weighted by molar-refractivity contribution is 0.446. The highest BCUT2D eigenvalue weighted by Gasteiger charge is 2.06. The minimum absolute atomic E-state index is 0.382. The van der Waals surface area contributed by atoms with Crippen molar-refractivity contribution >= 4 is 33.9 Å². The number of nitrogens with one attached hydrogen (secondary N) is 1. The number of furan rings is 1. The zero-order valence-electron chi connectivity index (χ0n) is 8.37. The highest BCUT2D eigenvalue weighted by molar-refractivity contribution is 14.1. The molecule has 0 fully saturated rings. The third kappa shape index (κ3) is 3.06. The van der Waals surface area contributed by atoms with Crippen molar-refractivity contribution in [1.29, 1.82) is 0 Å². The Morgan fingerprint density at radius 1 is 1.47 bits per heavy atom. The topological polar surface area (TPSA) is 25.2 Å². The fourth-order valence-electron chi connectivity index (χ4n) is 1.34. The standard InChI is InChI=1S/C11H12INOS/c1-8(10-3-2-6-15-10)13-7-9-4-5-11(12)14-9/h2-6,8,13H,7H2,1H3/t8-/m0/s1. The molecule has 0 radical (unpaired) electrons. The van der Waals surface area contributed by atoms with Crippen LogP contribution in [0.2, 0.25) is 0 Å². The molecule has 0 saturated heterocycles. The van der Waals surface area contributed by atoms with Crippen molar-refractivity contribution in [3.63, 3.8) is 0 Å². The fourth-order valence-corrected chi connectivity index (χ4v) is 2.56. The van der Waals surface area contributed by atoms with Gasteiger partial charge in [-0.2, -0.15) is 0 Å². The number of rotatable bonds is 4. The van der Waals surface area contributed by atoms with Crippen LogP contribution >= 0.6 is 33.9 Å². The Kier molecular flexibility index (Phi) is 3.82. The van der Waals surface area contributed by atoms with Gasteiger partial charge in [0.25, 0.3) is 0 Å². The summed E-state index contributed by atoms with van der Waals surface area (Å²) in [4.78, 5) is 1.36. The van der Waals surface area contributed by atoms with Gasteiger partial charge in [-0.3, -0.25) is 0 Å². The van der Waals surface area contributed by atoms with Crippen molar-refractivity contribution in [3.8, 4) is 0 Å². The number of hydrogen-bond acceptors (Lipinski definition) is 3. The Morgan fingerprint density at radius 2 is 2.33 bits per heavy atom. The highest BCUT2D eigenvalue weighted by Crippen LogP contribution is 2.19. The van der Waals surface area contributed by atoms with Gasteiger partial charge in [0.1, 0.15) is 5.76 Å². The molecule has 15 heavy (non-hydrogen) atoms. The molecule has 0 bridgehead atoms. The van der Waals surface area contributed by atoms with Gasteiger partial charge >= 0.3 is 0 Å². The zero-order valence-corrected chi connectivity index (χ0v) is 11.3. The second kappa shape index (κ2) is 5.14. The van der Waals surface area contributed by atoms with E-state index in [1.165, 1.54) is 4.88 Å². The first kappa shape index (κ1) is 11.2. The molecule has 0 amide bonds. The van der Waals surface area contributed by atoms with Gasteiger partial charge in [-0.1, -0.05) is 6.07 Å². The van der Waals surface area contributed by atoms with E-state index >= 15 is 0 Å². The van der Waals surface area contributed by atoms with Crippen molar-refractivity contribution in [2.75, 3.05) is 0 Å². The molecule has 0 unspecified atom stereocenters. The monoisotopic (exact) mass is 333 g/mol. The van der Waals surface area contributed by atoms with Crippen LogP contribution < -0.4 is 5.32 Å². The van der Waals surface area contributed by atoms with Gasteiger partial charge in [-0.25, -0.2) is 0 Å². The van der Waals surface area contributed by atoms with Gasteiger partial charge in [-0.05, 0) is 53.1 Å². The molecule has 0 saturated carbocycles. The van der Waals surface area contributed by atoms with E-state index in [0.29, 0.717) is 6.04 Å². The molecule has 2 rings (SSSR count). The first-order valence-electron chi connectivity index (χ1n) is 4.76. The number of hydrogen-bond donors (Lipinski definition) is 1. The third-order valence-electron chi connectivity index (χ3n) is 2.18. The van der Waals surface area contributed by atoms with E-state index in [1.54, 1.807) is 11.3 Å². The largest absolute Gasteiger partial charge is 0.454 e. The van der Waals surface area contributed by atoms with Gasteiger partial charge in [0.2, 0.25) is 0 Å². The predicted octanol–water partition coefficient (Wildman–Crippen LogP) is 3.80. The molecule has 0 spiro atoms. The average Bonchev–Trinajstić information content (AvgIpc) is 2.84. The molecule has 2 heterocycles. The summed E-state index contributed by atoms with van der Waals surface area (Å²) in [5.41, 5.74) is 0. The molecular formula is C11H12INOS. The van der Waals surface area contributed by atoms with Crippen molar-refractivity contribution in [2.24, 2.45) is 0 Å². The van der Waals surface area contributed by atoms with Crippen LogP contribution in [0.3, 0.4) is 0 Å². The minimum Gasteiger partial charge on any atom is -0.454 e. The van der Waals surface area contributed by atoms with E-state index in [4.69, 9.17) is 4.42 Å². The molecule has 80 valence electrons. The van der Waals surface area contributed by atoms with Gasteiger partial charge in [0, 0.05) is 10.9 Å². The van der Waals surface area contributed by atoms with Crippen LogP contribution in [-0.2, 0) is 6.54 Å². The summed E-state index contributed by atoms with van der Waals surface area (Å²) in [7, 11) is 0. The van der Waals surface area contributed by atoms with Gasteiger partial charge < -0.3 is 9.73 Å². The van der Waals surface area contributed by atoms with E-state index in [0.717, 1.165) is 16.1 Å². The molecule has 2 nitrogen and oxygen atoms in total. The fraction of sp³-hybridized carbons (Fsp3) is 0.273. The summed E-state index contributed by atoms with van der Waals surface area (Å²) in [5.74, 6) is 0.989. The Hall–Kier alpha value is -0.330. The minimum atomic E-state index is 0.382. The summed E-state index contributed by atoms with van der Waals surface area (Å²) in [6.07, 6.45) is 0. The van der Waals surface area contributed by atoms with Crippen molar-refractivity contribution in [1.82, 2.24) is 5.32 Å². The van der Waals surface area contributed by atoms with Crippen LogP contribution in [0.25, 0.3) is 0 Å². The van der Waals surface area contributed by atoms with E-state index in [9.17, 15) is 0 Å². The van der Waals surface area contributed by atoms with Crippen LogP contribution in [-0.4, -0.2) is 0 Å². The average molecular weight is 333 g/mol. The maximum Gasteiger partial charge on any atom is 0.164 e. The quantitative estimate of drug-likeness (QED) is 0.861. The SMILES string of the molecule is C[C@H](NCc1ccc(I)o1)c1cccs1. The second-order valence-electron chi connectivity index (χ2n) is 3.32. The molecule has 0 aromatic carbocycles. The molecule has 2 aromatic heterocycles. The molecule has 1 N–H and O–H groups in total. The molecule has 0 aliphatic rings. The Morgan fingerprint density at radius 3 is 2.93 bits per heavy atom. The summed E-state index contributed by atoms with van der Waals surface area (Å²) >= 11 is 3.95. The summed E-state index contributed by atoms with van der Waals surface area (Å²) in [5, 5.41) is 5.53. The first-order valence-corrected chi connectivity index (χ1v) is 6.72. The molecule has 4 heteroatoms. The lowest BCUT2D eigenvalue weighted by atomic mass is 10.2. The Bertz CT molecular complexity index is 410. The molecule has 0 aliphatic heterocycles. The summed E-state index contributed by atoms with van der Waals surface area (Å²) in [6, 6.07) is 8.60. The van der Waals surface area contributed by atoms with E-state index in [1.807, 2.05) is 12.1 Å². The van der Waals surface area contributed by atoms with E-state index in [2.05, 4.69) is 52.3 Å². The molecule has 0 aliphatic carbocycles. The molecule has 2 aromatic rings. The third-order valence-corrected chi connectivity index (χ3v) is 3.82. The van der Waals surface area contributed by atoms with Crippen molar-refractivity contribution in [3.05, 3.63) is 44.0 Å². The number of halogens is 1. The molecule has 1 atom stereocenters. The van der Waals surface area contributed by atoms with Gasteiger partial charge in [-0.15, -0.1) is 11.3 Å². The maximum atomic E-state index is 5.48. The van der Waals surface area contributed by atoms with Crippen LogP contribution in [0.15, 0.2) is 34.1 Å². The lowest BCUT2D eigenvalue weighted by Gasteiger charge is -2.10. The van der Waals surface area contributed by atoms with Crippen molar-refractivity contribution < 1.29 is 4.42 Å². The van der Waals surface area contributed by atoms with Gasteiger partial charge in [0.05, 0.1) is 6.54 Å². The Labute approximate surface area is 107 Å². The maximum absolute atomic E-state index is 5.48. The second-order valence-corrected chi connectivity index (χ2v) is 5.37. The predicted molar refractivity (Wildman–Crippen MR) is 71.0 cm³/mol. The smallest absolute Gasteiger partial charge is 0.164 e. The first-order chi connectivity index (χ1) is 7.25. The van der Waals surface area contributed by atoms with Crippen molar-refractivity contribution in [2.45, 2.75) is 19.5 Å². The summed E-state index contributed by atoms with van der Waals surface area (Å²) < 4.78 is 6.42. The van der Waals surface area contributed by atoms with Crippen LogP contribution in [0.4, 0.5) is 0 Å². The summed E-state index contributed by atoms with van der Waals surface area (Å²) in [6.45, 7) is 2.95. The normalized spacial score (nSPS) is 12.9. The van der Waals surface area contributed by atoms with Gasteiger partial charge in [0.15, 0.2) is 3.77 Å². The lowest BCUT2D eigenvalue weighted by Crippen LogP contribution is -2.16. The van der Waals surface area contributed by atoms with Crippen LogP contribution in [0, 0.1) is 3.77 Å². The van der Waals surface area contributed by atoms with E-state index < -0.39 is 0 Å². The van der Waals surface area contributed by atoms with Crippen LogP contribution in [0.5, 0.6) is 0 Å². The van der Waals surface area contributed by atoms with Crippen LogP contribution in [0.1, 0.15) is 23.6 Å².